The van der Waals surface area contributed by atoms with Crippen molar-refractivity contribution in [1.82, 2.24) is 0 Å². The number of benzene rings is 12. The van der Waals surface area contributed by atoms with Crippen LogP contribution in [0.25, 0.3) is 76.5 Å². The highest BCUT2D eigenvalue weighted by Crippen LogP contribution is 2.40. The smallest absolute Gasteiger partial charge is 0.179 e. The molecule has 69 heavy (non-hydrogen) atoms. The second kappa shape index (κ2) is 16.8. The zero-order valence-corrected chi connectivity index (χ0v) is 38.8. The topological polar surface area (TPSA) is 16.4 Å². The average molecular weight is 896 g/mol. The van der Waals surface area contributed by atoms with Gasteiger partial charge in [-0.05, 0) is 136 Å². The molecule has 0 aliphatic heterocycles. The summed E-state index contributed by atoms with van der Waals surface area (Å²) in [7, 11) is -2.72. The molecular formula is C66H45NOSi. The first-order chi connectivity index (χ1) is 34.2. The normalized spacial score (nSPS) is 11.8. The van der Waals surface area contributed by atoms with Gasteiger partial charge in [-0.15, -0.1) is 0 Å². The fourth-order valence-corrected chi connectivity index (χ4v) is 15.7. The summed E-state index contributed by atoms with van der Waals surface area (Å²) in [5.74, 6) is 0. The van der Waals surface area contributed by atoms with E-state index in [2.05, 4.69) is 266 Å². The van der Waals surface area contributed by atoms with E-state index in [0.717, 1.165) is 50.1 Å². The van der Waals surface area contributed by atoms with Crippen LogP contribution < -0.4 is 25.6 Å². The summed E-state index contributed by atoms with van der Waals surface area (Å²) in [6, 6.07) is 100. The third-order valence-electron chi connectivity index (χ3n) is 14.2. The first-order valence-electron chi connectivity index (χ1n) is 23.7. The zero-order valence-electron chi connectivity index (χ0n) is 37.8. The van der Waals surface area contributed by atoms with Gasteiger partial charge in [-0.25, -0.2) is 0 Å². The van der Waals surface area contributed by atoms with Crippen LogP contribution in [0.4, 0.5) is 17.1 Å². The summed E-state index contributed by atoms with van der Waals surface area (Å²) in [5.41, 5.74) is 9.74. The van der Waals surface area contributed by atoms with Gasteiger partial charge in [-0.3, -0.25) is 0 Å². The van der Waals surface area contributed by atoms with Crippen molar-refractivity contribution in [3.63, 3.8) is 0 Å². The summed E-state index contributed by atoms with van der Waals surface area (Å²) in [6.45, 7) is 0. The Hall–Kier alpha value is -8.76. The van der Waals surface area contributed by atoms with Crippen molar-refractivity contribution < 1.29 is 4.42 Å². The SMILES string of the molecule is c1ccc([Si](c2ccccc2)(c2ccccc2)c2ccc(N(c3ccc(-c4ccc5oc6ccccc6c5c4)cc3)c3ccc(-c4ccc5c6ccccc6c6ccccc6c5c4)cc3)cc2)cc1. The van der Waals surface area contributed by atoms with Gasteiger partial charge in [0.05, 0.1) is 0 Å². The Kier molecular flexibility index (Phi) is 9.88. The zero-order chi connectivity index (χ0) is 45.7. The van der Waals surface area contributed by atoms with Crippen molar-refractivity contribution in [2.75, 3.05) is 4.90 Å². The lowest BCUT2D eigenvalue weighted by Crippen LogP contribution is -2.74. The molecule has 13 aromatic rings. The van der Waals surface area contributed by atoms with Gasteiger partial charge in [0.1, 0.15) is 11.2 Å². The molecule has 0 N–H and O–H groups in total. The molecule has 3 heteroatoms. The molecule has 0 bridgehead atoms. The highest BCUT2D eigenvalue weighted by molar-refractivity contribution is 7.19. The predicted molar refractivity (Wildman–Crippen MR) is 295 cm³/mol. The summed E-state index contributed by atoms with van der Waals surface area (Å²) < 4.78 is 6.18. The van der Waals surface area contributed by atoms with Gasteiger partial charge in [0.2, 0.25) is 0 Å². The van der Waals surface area contributed by atoms with E-state index in [9.17, 15) is 0 Å². The number of furan rings is 1. The van der Waals surface area contributed by atoms with E-state index in [4.69, 9.17) is 4.42 Å². The molecule has 0 aliphatic carbocycles. The first kappa shape index (κ1) is 40.5. The molecule has 2 nitrogen and oxygen atoms in total. The Labute approximate surface area is 402 Å². The van der Waals surface area contributed by atoms with Crippen molar-refractivity contribution >= 4 is 100 Å². The van der Waals surface area contributed by atoms with E-state index in [1.165, 1.54) is 64.2 Å². The van der Waals surface area contributed by atoms with Crippen molar-refractivity contribution in [3.05, 3.63) is 273 Å². The molecule has 12 aromatic carbocycles. The molecule has 0 aliphatic rings. The van der Waals surface area contributed by atoms with Gasteiger partial charge in [0.15, 0.2) is 8.07 Å². The van der Waals surface area contributed by atoms with Gasteiger partial charge in [-0.1, -0.05) is 212 Å². The maximum Gasteiger partial charge on any atom is 0.179 e. The van der Waals surface area contributed by atoms with Crippen LogP contribution >= 0.6 is 0 Å². The Morgan fingerprint density at radius 3 is 1.06 bits per heavy atom. The minimum atomic E-state index is -2.72. The molecule has 0 saturated heterocycles. The van der Waals surface area contributed by atoms with Crippen LogP contribution in [-0.2, 0) is 0 Å². The Balaban J connectivity index is 0.933. The summed E-state index contributed by atoms with van der Waals surface area (Å²) in [4.78, 5) is 2.39. The van der Waals surface area contributed by atoms with Crippen LogP contribution in [0, 0.1) is 0 Å². The Morgan fingerprint density at radius 1 is 0.232 bits per heavy atom. The fourth-order valence-electron chi connectivity index (χ4n) is 11.0. The van der Waals surface area contributed by atoms with E-state index >= 15 is 0 Å². The van der Waals surface area contributed by atoms with E-state index in [-0.39, 0.29) is 0 Å². The summed E-state index contributed by atoms with van der Waals surface area (Å²) >= 11 is 0. The average Bonchev–Trinajstić information content (AvgIpc) is 3.81. The first-order valence-corrected chi connectivity index (χ1v) is 25.7. The molecule has 1 aromatic heterocycles. The Morgan fingerprint density at radius 2 is 0.565 bits per heavy atom. The number of hydrogen-bond donors (Lipinski definition) is 0. The summed E-state index contributed by atoms with van der Waals surface area (Å²) in [5, 5.41) is 15.3. The maximum atomic E-state index is 6.18. The number of nitrogens with zero attached hydrogens (tertiary/aromatic N) is 1. The van der Waals surface area contributed by atoms with Gasteiger partial charge < -0.3 is 9.32 Å². The molecule has 0 atom stereocenters. The lowest BCUT2D eigenvalue weighted by Gasteiger charge is -2.35. The maximum absolute atomic E-state index is 6.18. The van der Waals surface area contributed by atoms with E-state index in [0.29, 0.717) is 0 Å². The van der Waals surface area contributed by atoms with Crippen LogP contribution in [0.5, 0.6) is 0 Å². The quantitative estimate of drug-likeness (QED) is 0.0815. The highest BCUT2D eigenvalue weighted by atomic mass is 28.3. The van der Waals surface area contributed by atoms with Crippen molar-refractivity contribution in [1.29, 1.82) is 0 Å². The van der Waals surface area contributed by atoms with E-state index in [1.807, 2.05) is 12.1 Å². The number of fused-ring (bicyclic) bond motifs is 9. The van der Waals surface area contributed by atoms with Crippen LogP contribution in [0.1, 0.15) is 0 Å². The monoisotopic (exact) mass is 895 g/mol. The molecule has 0 radical (unpaired) electrons. The van der Waals surface area contributed by atoms with Crippen molar-refractivity contribution in [3.8, 4) is 22.3 Å². The van der Waals surface area contributed by atoms with Crippen molar-refractivity contribution in [2.24, 2.45) is 0 Å². The number of hydrogen-bond acceptors (Lipinski definition) is 2. The number of rotatable bonds is 9. The minimum Gasteiger partial charge on any atom is -0.456 e. The lowest BCUT2D eigenvalue weighted by atomic mass is 9.92. The van der Waals surface area contributed by atoms with Gasteiger partial charge in [0, 0.05) is 27.8 Å². The molecule has 0 spiro atoms. The van der Waals surface area contributed by atoms with Gasteiger partial charge >= 0.3 is 0 Å². The minimum absolute atomic E-state index is 0.902. The second-order valence-electron chi connectivity index (χ2n) is 18.0. The third-order valence-corrected chi connectivity index (χ3v) is 19.0. The van der Waals surface area contributed by atoms with E-state index < -0.39 is 8.07 Å². The van der Waals surface area contributed by atoms with Crippen LogP contribution in [0.2, 0.25) is 0 Å². The number of anilines is 3. The number of para-hydroxylation sites is 1. The predicted octanol–water partition coefficient (Wildman–Crippen LogP) is 15.2. The fraction of sp³-hybridized carbons (Fsp3) is 0. The largest absolute Gasteiger partial charge is 0.456 e. The molecule has 324 valence electrons. The standard InChI is InChI=1S/C66H45NOSi/c1-4-16-53(17-5-1)69(54-18-6-2-7-19-54,55-20-8-3-9-21-55)56-40-38-52(39-41-56)67(51-36-30-47(31-37-51)49-33-43-66-64(45-49)62-26-14-15-27-65(62)68-66)50-34-28-46(29-35-50)48-32-42-61-59-24-11-10-22-57(59)58-23-12-13-25-60(58)63(61)44-48/h1-45H. The van der Waals surface area contributed by atoms with Crippen LogP contribution in [0.3, 0.4) is 0 Å². The molecular weight excluding hydrogens is 851 g/mol. The third kappa shape index (κ3) is 6.86. The molecule has 0 amide bonds. The van der Waals surface area contributed by atoms with E-state index in [1.54, 1.807) is 0 Å². The summed E-state index contributed by atoms with van der Waals surface area (Å²) in [6.07, 6.45) is 0. The molecule has 0 fully saturated rings. The molecule has 0 saturated carbocycles. The second-order valence-corrected chi connectivity index (χ2v) is 21.8. The molecule has 1 heterocycles. The molecule has 13 rings (SSSR count). The van der Waals surface area contributed by atoms with Crippen LogP contribution in [0.15, 0.2) is 277 Å². The highest BCUT2D eigenvalue weighted by Gasteiger charge is 2.41. The van der Waals surface area contributed by atoms with Gasteiger partial charge in [0.25, 0.3) is 0 Å². The van der Waals surface area contributed by atoms with Crippen LogP contribution in [-0.4, -0.2) is 8.07 Å². The van der Waals surface area contributed by atoms with Crippen molar-refractivity contribution in [2.45, 2.75) is 0 Å². The van der Waals surface area contributed by atoms with Gasteiger partial charge in [-0.2, -0.15) is 0 Å². The Bertz CT molecular complexity index is 3850. The molecule has 0 unspecified atom stereocenters. The lowest BCUT2D eigenvalue weighted by molar-refractivity contribution is 0.669.